The van der Waals surface area contributed by atoms with Crippen molar-refractivity contribution in [3.8, 4) is 5.75 Å². The van der Waals surface area contributed by atoms with Gasteiger partial charge in [0.15, 0.2) is 0 Å². The second-order valence-corrected chi connectivity index (χ2v) is 6.68. The van der Waals surface area contributed by atoms with E-state index in [2.05, 4.69) is 16.9 Å². The van der Waals surface area contributed by atoms with Gasteiger partial charge in [-0.25, -0.2) is 0 Å². The minimum atomic E-state index is -0.206. The highest BCUT2D eigenvalue weighted by Crippen LogP contribution is 2.23. The molecule has 1 aliphatic heterocycles. The maximum absolute atomic E-state index is 12.5. The van der Waals surface area contributed by atoms with Gasteiger partial charge in [0.05, 0.1) is 31.6 Å². The Kier molecular flexibility index (Phi) is 6.16. The van der Waals surface area contributed by atoms with Gasteiger partial charge >= 0.3 is 0 Å². The van der Waals surface area contributed by atoms with Gasteiger partial charge in [-0.1, -0.05) is 18.5 Å². The van der Waals surface area contributed by atoms with E-state index in [1.807, 2.05) is 0 Å². The van der Waals surface area contributed by atoms with Gasteiger partial charge in [0, 0.05) is 42.2 Å². The number of ether oxygens (including phenoxy) is 2. The van der Waals surface area contributed by atoms with Crippen LogP contribution in [0, 0.1) is 0 Å². The molecule has 0 aliphatic carbocycles. The van der Waals surface area contributed by atoms with Crippen LogP contribution >= 0.6 is 11.6 Å². The molecule has 0 atom stereocenters. The Bertz CT molecular complexity index is 789. The van der Waals surface area contributed by atoms with Crippen LogP contribution in [0.4, 0.5) is 0 Å². The molecule has 0 saturated carbocycles. The second-order valence-electron chi connectivity index (χ2n) is 6.25. The van der Waals surface area contributed by atoms with E-state index in [4.69, 9.17) is 26.2 Å². The molecule has 3 rings (SSSR count). The second kappa shape index (κ2) is 8.56. The highest BCUT2D eigenvalue weighted by molar-refractivity contribution is 6.31. The fraction of sp³-hybridized carbons (Fsp3) is 0.474. The maximum Gasteiger partial charge on any atom is 0.255 e. The molecule has 0 radical (unpaired) electrons. The predicted octanol–water partition coefficient (Wildman–Crippen LogP) is 3.00. The molecule has 2 aromatic rings. The van der Waals surface area contributed by atoms with E-state index in [0.717, 1.165) is 31.7 Å². The Morgan fingerprint density at radius 2 is 2.31 bits per heavy atom. The topological polar surface area (TPSA) is 65.4 Å². The third-order valence-corrected chi connectivity index (χ3v) is 4.70. The quantitative estimate of drug-likeness (QED) is 0.805. The summed E-state index contributed by atoms with van der Waals surface area (Å²) in [6.45, 7) is 4.89. The van der Waals surface area contributed by atoms with Gasteiger partial charge < -0.3 is 14.8 Å². The van der Waals surface area contributed by atoms with Crippen molar-refractivity contribution in [2.45, 2.75) is 39.3 Å². The molecule has 1 amide bonds. The van der Waals surface area contributed by atoms with E-state index in [1.165, 1.54) is 18.4 Å². The van der Waals surface area contributed by atoms with Crippen molar-refractivity contribution in [2.75, 3.05) is 20.3 Å². The number of amides is 1. The van der Waals surface area contributed by atoms with Gasteiger partial charge in [-0.05, 0) is 24.6 Å². The van der Waals surface area contributed by atoms with Crippen LogP contribution in [0.1, 0.15) is 40.7 Å². The first kappa shape index (κ1) is 18.7. The third-order valence-electron chi connectivity index (χ3n) is 4.47. The van der Waals surface area contributed by atoms with Gasteiger partial charge in [-0.15, -0.1) is 0 Å². The number of hydrogen-bond donors (Lipinski definition) is 1. The van der Waals surface area contributed by atoms with Gasteiger partial charge in [0.1, 0.15) is 5.75 Å². The summed E-state index contributed by atoms with van der Waals surface area (Å²) < 4.78 is 12.9. The Morgan fingerprint density at radius 1 is 1.46 bits per heavy atom. The van der Waals surface area contributed by atoms with Crippen molar-refractivity contribution in [1.29, 1.82) is 0 Å². The number of rotatable bonds is 7. The van der Waals surface area contributed by atoms with Crippen LogP contribution in [0.5, 0.6) is 5.75 Å². The maximum atomic E-state index is 12.5. The highest BCUT2D eigenvalue weighted by Gasteiger charge is 2.21. The van der Waals surface area contributed by atoms with Gasteiger partial charge in [0.2, 0.25) is 0 Å². The number of nitrogens with one attached hydrogen (secondary N) is 1. The first-order valence-corrected chi connectivity index (χ1v) is 9.28. The molecule has 0 fully saturated rings. The number of hydrogen-bond acceptors (Lipinski definition) is 4. The molecule has 1 aromatic heterocycles. The highest BCUT2D eigenvalue weighted by atomic mass is 35.5. The predicted molar refractivity (Wildman–Crippen MR) is 99.9 cm³/mol. The van der Waals surface area contributed by atoms with Crippen molar-refractivity contribution >= 4 is 17.5 Å². The van der Waals surface area contributed by atoms with Gasteiger partial charge in [0.25, 0.3) is 5.91 Å². The zero-order chi connectivity index (χ0) is 18.5. The summed E-state index contributed by atoms with van der Waals surface area (Å²) in [6.07, 6.45) is 2.60. The monoisotopic (exact) mass is 377 g/mol. The number of nitrogens with zero attached hydrogens (tertiary/aromatic N) is 2. The molecule has 140 valence electrons. The standard InChI is InChI=1S/C19H24ClN3O3/c1-3-9-23-17-7-10-26-12-15(17)16(22-23)6-8-21-19(24)14-11-13(20)4-5-18(14)25-2/h4-5,11H,3,6-10,12H2,1-2H3,(H,21,24). The summed E-state index contributed by atoms with van der Waals surface area (Å²) in [7, 11) is 1.53. The molecule has 1 aromatic carbocycles. The zero-order valence-corrected chi connectivity index (χ0v) is 15.9. The molecular formula is C19H24ClN3O3. The molecule has 26 heavy (non-hydrogen) atoms. The normalized spacial score (nSPS) is 13.3. The van der Waals surface area contributed by atoms with Crippen molar-refractivity contribution in [1.82, 2.24) is 15.1 Å². The number of carbonyl (C=O) groups is 1. The van der Waals surface area contributed by atoms with Crippen LogP contribution in [0.15, 0.2) is 18.2 Å². The molecular weight excluding hydrogens is 354 g/mol. The van der Waals surface area contributed by atoms with E-state index in [-0.39, 0.29) is 5.91 Å². The molecule has 1 aliphatic rings. The molecule has 0 saturated heterocycles. The Hall–Kier alpha value is -2.05. The average Bonchev–Trinajstić information content (AvgIpc) is 3.00. The molecule has 0 bridgehead atoms. The van der Waals surface area contributed by atoms with Crippen LogP contribution < -0.4 is 10.1 Å². The van der Waals surface area contributed by atoms with E-state index in [1.54, 1.807) is 18.2 Å². The van der Waals surface area contributed by atoms with Crippen molar-refractivity contribution in [3.63, 3.8) is 0 Å². The smallest absolute Gasteiger partial charge is 0.255 e. The summed E-state index contributed by atoms with van der Waals surface area (Å²) in [4.78, 5) is 12.5. The number of benzene rings is 1. The van der Waals surface area contributed by atoms with Crippen LogP contribution in [-0.4, -0.2) is 35.9 Å². The number of aryl methyl sites for hydroxylation is 1. The lowest BCUT2D eigenvalue weighted by molar-refractivity contribution is 0.0951. The van der Waals surface area contributed by atoms with Gasteiger partial charge in [-0.2, -0.15) is 5.10 Å². The number of fused-ring (bicyclic) bond motifs is 1. The van der Waals surface area contributed by atoms with Crippen LogP contribution in [0.3, 0.4) is 0 Å². The van der Waals surface area contributed by atoms with Crippen molar-refractivity contribution in [2.24, 2.45) is 0 Å². The van der Waals surface area contributed by atoms with Crippen molar-refractivity contribution in [3.05, 3.63) is 45.7 Å². The van der Waals surface area contributed by atoms with E-state index < -0.39 is 0 Å². The lowest BCUT2D eigenvalue weighted by atomic mass is 10.1. The Balaban J connectivity index is 1.67. The SMILES string of the molecule is CCCn1nc(CCNC(=O)c2cc(Cl)ccc2OC)c2c1CCOC2. The first-order chi connectivity index (χ1) is 12.6. The van der Waals surface area contributed by atoms with Crippen LogP contribution in [0.2, 0.25) is 5.02 Å². The Labute approximate surface area is 158 Å². The number of methoxy groups -OCH3 is 1. The molecule has 2 heterocycles. The summed E-state index contributed by atoms with van der Waals surface area (Å²) in [5.41, 5.74) is 3.89. The first-order valence-electron chi connectivity index (χ1n) is 8.91. The average molecular weight is 378 g/mol. The Morgan fingerprint density at radius 3 is 3.08 bits per heavy atom. The summed E-state index contributed by atoms with van der Waals surface area (Å²) in [5.74, 6) is 0.298. The molecule has 0 unspecified atom stereocenters. The van der Waals surface area contributed by atoms with E-state index in [0.29, 0.717) is 35.9 Å². The van der Waals surface area contributed by atoms with E-state index in [9.17, 15) is 4.79 Å². The lowest BCUT2D eigenvalue weighted by Gasteiger charge is -2.15. The van der Waals surface area contributed by atoms with Crippen LogP contribution in [-0.2, 0) is 30.7 Å². The molecule has 0 spiro atoms. The fourth-order valence-corrected chi connectivity index (χ4v) is 3.40. The number of aromatic nitrogens is 2. The fourth-order valence-electron chi connectivity index (χ4n) is 3.22. The number of halogens is 1. The van der Waals surface area contributed by atoms with Crippen LogP contribution in [0.25, 0.3) is 0 Å². The third kappa shape index (κ3) is 4.02. The van der Waals surface area contributed by atoms with Gasteiger partial charge in [-0.3, -0.25) is 9.48 Å². The summed E-state index contributed by atoms with van der Waals surface area (Å²) in [6, 6.07) is 5.00. The number of carbonyl (C=O) groups excluding carboxylic acids is 1. The van der Waals surface area contributed by atoms with Crippen molar-refractivity contribution < 1.29 is 14.3 Å². The zero-order valence-electron chi connectivity index (χ0n) is 15.2. The minimum absolute atomic E-state index is 0.206. The lowest BCUT2D eigenvalue weighted by Crippen LogP contribution is -2.26. The minimum Gasteiger partial charge on any atom is -0.496 e. The summed E-state index contributed by atoms with van der Waals surface area (Å²) >= 11 is 6.00. The largest absolute Gasteiger partial charge is 0.496 e. The molecule has 6 nitrogen and oxygen atoms in total. The summed E-state index contributed by atoms with van der Waals surface area (Å²) in [5, 5.41) is 8.17. The molecule has 1 N–H and O–H groups in total. The molecule has 7 heteroatoms. The van der Waals surface area contributed by atoms with E-state index >= 15 is 0 Å².